The number of H-pyrrole nitrogens is 1. The first-order valence-corrected chi connectivity index (χ1v) is 7.21. The summed E-state index contributed by atoms with van der Waals surface area (Å²) >= 11 is 0. The summed E-state index contributed by atoms with van der Waals surface area (Å²) in [5, 5.41) is 0. The van der Waals surface area contributed by atoms with Gasteiger partial charge in [-0.1, -0.05) is 6.08 Å². The van der Waals surface area contributed by atoms with E-state index in [1.165, 1.54) is 4.57 Å². The molecule has 6 nitrogen and oxygen atoms in total. The number of hydrogen-bond acceptors (Lipinski definition) is 4. The number of allylic oxidation sites excluding steroid dienone is 1. The summed E-state index contributed by atoms with van der Waals surface area (Å²) in [6.45, 7) is 9.21. The first-order chi connectivity index (χ1) is 10.3. The summed E-state index contributed by atoms with van der Waals surface area (Å²) in [4.78, 5) is 23.7. The van der Waals surface area contributed by atoms with Crippen LogP contribution in [-0.4, -0.2) is 31.2 Å². The molecule has 0 aliphatic carbocycles. The van der Waals surface area contributed by atoms with Crippen LogP contribution < -0.4 is 0 Å². The first-order valence-electron chi connectivity index (χ1n) is 7.21. The smallest absolute Gasteiger partial charge is 0.420 e. The second kappa shape index (κ2) is 6.17. The molecule has 2 aromatic rings. The lowest BCUT2D eigenvalue weighted by atomic mass is 10.2. The summed E-state index contributed by atoms with van der Waals surface area (Å²) in [6, 6.07) is 0. The predicted octanol–water partition coefficient (Wildman–Crippen LogP) is 3.26. The molecule has 2 aromatic heterocycles. The number of rotatable bonds is 3. The molecule has 0 unspecified atom stereocenters. The number of nitrogens with zero attached hydrogens (tertiary/aromatic N) is 3. The molecule has 2 rings (SSSR count). The highest BCUT2D eigenvalue weighted by Crippen LogP contribution is 2.14. The molecule has 0 amide bonds. The van der Waals surface area contributed by atoms with Crippen LogP contribution in [0.15, 0.2) is 18.5 Å². The number of aromatic nitrogens is 4. The van der Waals surface area contributed by atoms with E-state index in [0.29, 0.717) is 17.9 Å². The van der Waals surface area contributed by atoms with Gasteiger partial charge in [-0.05, 0) is 40.7 Å². The van der Waals surface area contributed by atoms with E-state index in [2.05, 4.69) is 15.0 Å². The Morgan fingerprint density at radius 1 is 1.32 bits per heavy atom. The van der Waals surface area contributed by atoms with Crippen molar-refractivity contribution in [2.45, 2.75) is 46.6 Å². The molecule has 22 heavy (non-hydrogen) atoms. The maximum atomic E-state index is 12.3. The van der Waals surface area contributed by atoms with Crippen LogP contribution in [0.2, 0.25) is 0 Å². The minimum atomic E-state index is -0.539. The predicted molar refractivity (Wildman–Crippen MR) is 84.7 cm³/mol. The van der Waals surface area contributed by atoms with Crippen molar-refractivity contribution in [1.29, 1.82) is 0 Å². The van der Waals surface area contributed by atoms with Crippen molar-refractivity contribution in [1.82, 2.24) is 19.5 Å². The molecular formula is C16H22N4O2. The van der Waals surface area contributed by atoms with Crippen molar-refractivity contribution >= 4 is 12.2 Å². The monoisotopic (exact) mass is 302 g/mol. The number of imidazole rings is 2. The summed E-state index contributed by atoms with van der Waals surface area (Å²) in [6.07, 6.45) is 7.58. The number of aryl methyl sites for hydroxylation is 2. The number of hydrogen-bond donors (Lipinski definition) is 1. The molecular weight excluding hydrogens is 280 g/mol. The van der Waals surface area contributed by atoms with Gasteiger partial charge in [-0.2, -0.15) is 0 Å². The van der Waals surface area contributed by atoms with Crippen molar-refractivity contribution in [3.05, 3.63) is 41.5 Å². The molecule has 2 heterocycles. The Balaban J connectivity index is 2.13. The van der Waals surface area contributed by atoms with Gasteiger partial charge in [-0.15, -0.1) is 0 Å². The van der Waals surface area contributed by atoms with E-state index in [4.69, 9.17) is 4.74 Å². The van der Waals surface area contributed by atoms with Gasteiger partial charge in [0.15, 0.2) is 0 Å². The first kappa shape index (κ1) is 16.0. The van der Waals surface area contributed by atoms with Crippen LogP contribution in [0.1, 0.15) is 43.8 Å². The standard InChI is InChI=1S/C16H22N4O2/c1-11-17-9-13(19-11)7-6-8-14-10-18-12(2)20(14)15(21)22-16(3,4)5/h6,8-10H,7H2,1-5H3,(H,17,19)/b8-6+. The Kier molecular flexibility index (Phi) is 4.49. The highest BCUT2D eigenvalue weighted by atomic mass is 16.6. The van der Waals surface area contributed by atoms with Crippen LogP contribution in [0.25, 0.3) is 6.08 Å². The van der Waals surface area contributed by atoms with Gasteiger partial charge >= 0.3 is 6.09 Å². The molecule has 1 N–H and O–H groups in total. The van der Waals surface area contributed by atoms with Gasteiger partial charge in [-0.25, -0.2) is 19.3 Å². The van der Waals surface area contributed by atoms with Gasteiger partial charge in [0.2, 0.25) is 0 Å². The zero-order valence-electron chi connectivity index (χ0n) is 13.7. The Bertz CT molecular complexity index is 689. The van der Waals surface area contributed by atoms with Crippen LogP contribution in [0.5, 0.6) is 0 Å². The second-order valence-electron chi connectivity index (χ2n) is 6.15. The van der Waals surface area contributed by atoms with Crippen molar-refractivity contribution in [3.8, 4) is 0 Å². The van der Waals surface area contributed by atoms with Crippen LogP contribution in [0.4, 0.5) is 4.79 Å². The normalized spacial score (nSPS) is 12.0. The second-order valence-corrected chi connectivity index (χ2v) is 6.15. The largest absolute Gasteiger partial charge is 0.443 e. The van der Waals surface area contributed by atoms with E-state index >= 15 is 0 Å². The van der Waals surface area contributed by atoms with E-state index in [-0.39, 0.29) is 0 Å². The van der Waals surface area contributed by atoms with Crippen molar-refractivity contribution < 1.29 is 9.53 Å². The molecule has 0 saturated carbocycles. The minimum absolute atomic E-state index is 0.417. The van der Waals surface area contributed by atoms with Gasteiger partial charge < -0.3 is 9.72 Å². The quantitative estimate of drug-likeness (QED) is 0.944. The number of aromatic amines is 1. The number of carbonyl (C=O) groups is 1. The van der Waals surface area contributed by atoms with E-state index in [0.717, 1.165) is 11.5 Å². The lowest BCUT2D eigenvalue weighted by molar-refractivity contribution is 0.0532. The van der Waals surface area contributed by atoms with Gasteiger partial charge in [0.05, 0.1) is 11.9 Å². The summed E-state index contributed by atoms with van der Waals surface area (Å²) in [5.41, 5.74) is 1.18. The van der Waals surface area contributed by atoms with Crippen molar-refractivity contribution in [3.63, 3.8) is 0 Å². The molecule has 0 spiro atoms. The molecule has 0 aliphatic rings. The minimum Gasteiger partial charge on any atom is -0.443 e. The third-order valence-electron chi connectivity index (χ3n) is 2.92. The summed E-state index contributed by atoms with van der Waals surface area (Å²) in [7, 11) is 0. The van der Waals surface area contributed by atoms with Crippen LogP contribution >= 0.6 is 0 Å². The van der Waals surface area contributed by atoms with Gasteiger partial charge in [-0.3, -0.25) is 0 Å². The molecule has 0 fully saturated rings. The summed E-state index contributed by atoms with van der Waals surface area (Å²) < 4.78 is 6.88. The maximum absolute atomic E-state index is 12.3. The number of nitrogens with one attached hydrogen (secondary N) is 1. The van der Waals surface area contributed by atoms with E-state index in [1.54, 1.807) is 19.3 Å². The van der Waals surface area contributed by atoms with E-state index < -0.39 is 11.7 Å². The molecule has 6 heteroatoms. The van der Waals surface area contributed by atoms with Crippen molar-refractivity contribution in [2.75, 3.05) is 0 Å². The van der Waals surface area contributed by atoms with Crippen LogP contribution in [-0.2, 0) is 11.2 Å². The van der Waals surface area contributed by atoms with Gasteiger partial charge in [0.1, 0.15) is 17.2 Å². The third kappa shape index (κ3) is 4.07. The topological polar surface area (TPSA) is 72.8 Å². The fourth-order valence-corrected chi connectivity index (χ4v) is 2.01. The van der Waals surface area contributed by atoms with Crippen LogP contribution in [0.3, 0.4) is 0 Å². The third-order valence-corrected chi connectivity index (χ3v) is 2.92. The lowest BCUT2D eigenvalue weighted by Gasteiger charge is -2.20. The number of ether oxygens (including phenoxy) is 1. The SMILES string of the molecule is Cc1ncc(C/C=C/c2cnc(C)n2C(=O)OC(C)(C)C)[nH]1. The average molecular weight is 302 g/mol. The summed E-state index contributed by atoms with van der Waals surface area (Å²) in [5.74, 6) is 1.49. The highest BCUT2D eigenvalue weighted by Gasteiger charge is 2.20. The molecule has 118 valence electrons. The molecule has 0 atom stereocenters. The zero-order valence-corrected chi connectivity index (χ0v) is 13.7. The molecule has 0 aromatic carbocycles. The van der Waals surface area contributed by atoms with E-state index in [1.807, 2.05) is 39.8 Å². The maximum Gasteiger partial charge on any atom is 0.420 e. The number of carbonyl (C=O) groups excluding carboxylic acids is 1. The fraction of sp³-hybridized carbons (Fsp3) is 0.438. The Hall–Kier alpha value is -2.37. The zero-order chi connectivity index (χ0) is 16.3. The average Bonchev–Trinajstić information content (AvgIpc) is 2.94. The fourth-order valence-electron chi connectivity index (χ4n) is 2.01. The Labute approximate surface area is 130 Å². The Morgan fingerprint density at radius 2 is 2.05 bits per heavy atom. The van der Waals surface area contributed by atoms with E-state index in [9.17, 15) is 4.79 Å². The molecule has 0 radical (unpaired) electrons. The van der Waals surface area contributed by atoms with Crippen LogP contribution in [0, 0.1) is 13.8 Å². The van der Waals surface area contributed by atoms with Crippen molar-refractivity contribution in [2.24, 2.45) is 0 Å². The van der Waals surface area contributed by atoms with Gasteiger partial charge in [0, 0.05) is 18.3 Å². The van der Waals surface area contributed by atoms with Gasteiger partial charge in [0.25, 0.3) is 0 Å². The molecule has 0 aliphatic heterocycles. The molecule has 0 bridgehead atoms. The lowest BCUT2D eigenvalue weighted by Crippen LogP contribution is -2.28. The Morgan fingerprint density at radius 3 is 2.64 bits per heavy atom. The highest BCUT2D eigenvalue weighted by molar-refractivity contribution is 5.75. The molecule has 0 saturated heterocycles.